The van der Waals surface area contributed by atoms with Crippen molar-refractivity contribution in [3.05, 3.63) is 106 Å². The first-order valence-corrected chi connectivity index (χ1v) is 16.7. The standard InChI is InChI=1S/C28H30N4O2SSi/c1-22-13-16-26(17-14-22)35(33,34)32(19-18-24-15-12-23(2)21-27(24)30-31-29)28-11-7-6-9-25(28)10-8-20-36(3,4)5/h6-17,21H,20H2,1-5H3/b10-8-. The number of benzene rings is 3. The second-order valence-corrected chi connectivity index (χ2v) is 17.1. The van der Waals surface area contributed by atoms with Crippen LogP contribution in [-0.2, 0) is 10.0 Å². The molecule has 0 saturated carbocycles. The Bertz CT molecular complexity index is 1490. The van der Waals surface area contributed by atoms with E-state index >= 15 is 0 Å². The molecular weight excluding hydrogens is 484 g/mol. The van der Waals surface area contributed by atoms with Gasteiger partial charge in [-0.1, -0.05) is 84.4 Å². The number of aryl methyl sites for hydroxylation is 2. The monoisotopic (exact) mass is 514 g/mol. The zero-order chi connectivity index (χ0) is 26.3. The fourth-order valence-electron chi connectivity index (χ4n) is 3.41. The van der Waals surface area contributed by atoms with Gasteiger partial charge in [-0.2, -0.15) is 4.31 Å². The second kappa shape index (κ2) is 11.3. The first kappa shape index (κ1) is 26.8. The number of hydrogen-bond donors (Lipinski definition) is 0. The van der Waals surface area contributed by atoms with E-state index in [1.807, 2.05) is 38.1 Å². The highest BCUT2D eigenvalue weighted by molar-refractivity contribution is 7.93. The first-order chi connectivity index (χ1) is 17.0. The van der Waals surface area contributed by atoms with Crippen molar-refractivity contribution in [1.29, 1.82) is 0 Å². The van der Waals surface area contributed by atoms with Gasteiger partial charge in [0, 0.05) is 24.6 Å². The third kappa shape index (κ3) is 6.89. The normalized spacial score (nSPS) is 11.5. The van der Waals surface area contributed by atoms with Crippen LogP contribution in [0, 0.1) is 25.8 Å². The maximum atomic E-state index is 13.8. The molecule has 0 aliphatic carbocycles. The third-order valence-electron chi connectivity index (χ3n) is 5.34. The summed E-state index contributed by atoms with van der Waals surface area (Å²) in [6.45, 7) is 10.6. The van der Waals surface area contributed by atoms with Crippen LogP contribution in [0.15, 0.2) is 82.8 Å². The van der Waals surface area contributed by atoms with Crippen molar-refractivity contribution in [3.8, 4) is 12.0 Å². The molecule has 36 heavy (non-hydrogen) atoms. The molecule has 0 radical (unpaired) electrons. The highest BCUT2D eigenvalue weighted by atomic mass is 32.2. The molecule has 0 N–H and O–H groups in total. The van der Waals surface area contributed by atoms with E-state index in [-0.39, 0.29) is 4.90 Å². The lowest BCUT2D eigenvalue weighted by atomic mass is 10.1. The van der Waals surface area contributed by atoms with E-state index in [4.69, 9.17) is 5.53 Å². The quantitative estimate of drug-likeness (QED) is 0.0804. The van der Waals surface area contributed by atoms with Gasteiger partial charge in [0.05, 0.1) is 16.3 Å². The van der Waals surface area contributed by atoms with Crippen LogP contribution >= 0.6 is 0 Å². The molecule has 0 aromatic heterocycles. The number of allylic oxidation sites excluding steroid dienone is 1. The molecule has 8 heteroatoms. The predicted octanol–water partition coefficient (Wildman–Crippen LogP) is 7.80. The van der Waals surface area contributed by atoms with E-state index in [9.17, 15) is 8.42 Å². The summed E-state index contributed by atoms with van der Waals surface area (Å²) >= 11 is 0. The average Bonchev–Trinajstić information content (AvgIpc) is 2.81. The van der Waals surface area contributed by atoms with Gasteiger partial charge in [0.2, 0.25) is 0 Å². The van der Waals surface area contributed by atoms with Crippen molar-refractivity contribution in [3.63, 3.8) is 0 Å². The summed E-state index contributed by atoms with van der Waals surface area (Å²) < 4.78 is 28.8. The Morgan fingerprint density at radius 2 is 1.67 bits per heavy atom. The molecule has 3 rings (SSSR count). The van der Waals surface area contributed by atoms with Crippen molar-refractivity contribution in [2.24, 2.45) is 5.11 Å². The van der Waals surface area contributed by atoms with Gasteiger partial charge in [0.15, 0.2) is 0 Å². The number of para-hydroxylation sites is 1. The minimum absolute atomic E-state index is 0.141. The van der Waals surface area contributed by atoms with Crippen LogP contribution in [0.2, 0.25) is 25.7 Å². The van der Waals surface area contributed by atoms with E-state index in [0.29, 0.717) is 16.9 Å². The Balaban J connectivity index is 2.20. The zero-order valence-electron chi connectivity index (χ0n) is 21.2. The van der Waals surface area contributed by atoms with Gasteiger partial charge in [-0.3, -0.25) is 0 Å². The Labute approximate surface area is 215 Å². The highest BCUT2D eigenvalue weighted by Crippen LogP contribution is 2.29. The number of anilines is 1. The summed E-state index contributed by atoms with van der Waals surface area (Å²) in [6.07, 6.45) is 4.07. The second-order valence-electron chi connectivity index (χ2n) is 9.76. The van der Waals surface area contributed by atoms with E-state index in [0.717, 1.165) is 27.0 Å². The molecule has 0 bridgehead atoms. The van der Waals surface area contributed by atoms with Crippen molar-refractivity contribution in [2.45, 2.75) is 44.4 Å². The molecule has 0 unspecified atom stereocenters. The van der Waals surface area contributed by atoms with E-state index < -0.39 is 18.1 Å². The Hall–Kier alpha value is -3.76. The van der Waals surface area contributed by atoms with E-state index in [1.54, 1.807) is 48.5 Å². The topological polar surface area (TPSA) is 86.1 Å². The lowest BCUT2D eigenvalue weighted by Gasteiger charge is -2.20. The van der Waals surface area contributed by atoms with Crippen LogP contribution in [-0.4, -0.2) is 16.5 Å². The predicted molar refractivity (Wildman–Crippen MR) is 151 cm³/mol. The van der Waals surface area contributed by atoms with Crippen LogP contribution in [0.5, 0.6) is 0 Å². The maximum Gasteiger partial charge on any atom is 0.275 e. The lowest BCUT2D eigenvalue weighted by Crippen LogP contribution is -2.27. The first-order valence-electron chi connectivity index (χ1n) is 11.6. The number of sulfonamides is 1. The minimum atomic E-state index is -4.02. The molecule has 3 aromatic carbocycles. The van der Waals surface area contributed by atoms with Gasteiger partial charge < -0.3 is 0 Å². The van der Waals surface area contributed by atoms with Crippen LogP contribution in [0.25, 0.3) is 16.5 Å². The number of azide groups is 1. The van der Waals surface area contributed by atoms with Crippen molar-refractivity contribution in [1.82, 2.24) is 0 Å². The van der Waals surface area contributed by atoms with Crippen LogP contribution < -0.4 is 4.31 Å². The van der Waals surface area contributed by atoms with Crippen LogP contribution in [0.3, 0.4) is 0 Å². The van der Waals surface area contributed by atoms with E-state index in [2.05, 4.69) is 47.7 Å². The minimum Gasteiger partial charge on any atom is -0.200 e. The Kier molecular flexibility index (Phi) is 8.44. The fraction of sp³-hybridized carbons (Fsp3) is 0.214. The molecule has 0 spiro atoms. The molecule has 6 nitrogen and oxygen atoms in total. The third-order valence-corrected chi connectivity index (χ3v) is 8.44. The van der Waals surface area contributed by atoms with Crippen LogP contribution in [0.4, 0.5) is 11.4 Å². The molecule has 0 amide bonds. The highest BCUT2D eigenvalue weighted by Gasteiger charge is 2.25. The number of hydrogen-bond acceptors (Lipinski definition) is 3. The molecule has 0 aliphatic heterocycles. The summed E-state index contributed by atoms with van der Waals surface area (Å²) in [6, 6.07) is 23.1. The molecule has 0 atom stereocenters. The van der Waals surface area contributed by atoms with E-state index in [1.165, 1.54) is 0 Å². The molecular formula is C28H30N4O2SSi. The summed E-state index contributed by atoms with van der Waals surface area (Å²) in [4.78, 5) is 3.03. The van der Waals surface area contributed by atoms with Crippen LogP contribution in [0.1, 0.15) is 22.3 Å². The molecule has 184 valence electrons. The zero-order valence-corrected chi connectivity index (χ0v) is 23.0. The summed E-state index contributed by atoms with van der Waals surface area (Å²) in [5.74, 6) is 2.93. The van der Waals surface area contributed by atoms with Gasteiger partial charge in [-0.05, 0) is 67.2 Å². The van der Waals surface area contributed by atoms with Crippen molar-refractivity contribution in [2.75, 3.05) is 4.31 Å². The van der Waals surface area contributed by atoms with Gasteiger partial charge >= 0.3 is 0 Å². The number of rotatable bonds is 7. The average molecular weight is 515 g/mol. The smallest absolute Gasteiger partial charge is 0.200 e. The Morgan fingerprint density at radius 1 is 1.00 bits per heavy atom. The molecule has 0 heterocycles. The summed E-state index contributed by atoms with van der Waals surface area (Å²) in [7, 11) is -5.33. The van der Waals surface area contributed by atoms with Gasteiger partial charge in [0.25, 0.3) is 10.0 Å². The van der Waals surface area contributed by atoms with Crippen molar-refractivity contribution >= 4 is 35.5 Å². The fourth-order valence-corrected chi connectivity index (χ4v) is 5.51. The maximum absolute atomic E-state index is 13.8. The SMILES string of the molecule is Cc1ccc(S(=O)(=O)N(C#Cc2ccc(C)cc2N=[N+]=[N-])c2ccccc2/C=C\C[Si](C)(C)C)cc1. The van der Waals surface area contributed by atoms with Crippen molar-refractivity contribution < 1.29 is 8.42 Å². The molecule has 0 saturated heterocycles. The summed E-state index contributed by atoms with van der Waals surface area (Å²) in [5.41, 5.74) is 12.8. The largest absolute Gasteiger partial charge is 0.275 e. The molecule has 0 aliphatic rings. The van der Waals surface area contributed by atoms with Gasteiger partial charge in [-0.15, -0.1) is 0 Å². The Morgan fingerprint density at radius 3 is 2.33 bits per heavy atom. The molecule has 0 fully saturated rings. The molecule has 3 aromatic rings. The number of nitrogens with zero attached hydrogens (tertiary/aromatic N) is 4. The summed E-state index contributed by atoms with van der Waals surface area (Å²) in [5, 5.41) is 3.73. The van der Waals surface area contributed by atoms with Gasteiger partial charge in [0.1, 0.15) is 0 Å². The lowest BCUT2D eigenvalue weighted by molar-refractivity contribution is 0.596. The van der Waals surface area contributed by atoms with Gasteiger partial charge in [-0.25, -0.2) is 8.42 Å².